The first-order valence-corrected chi connectivity index (χ1v) is 7.63. The molecule has 0 atom stereocenters. The van der Waals surface area contributed by atoms with Crippen molar-refractivity contribution < 1.29 is 9.59 Å². The summed E-state index contributed by atoms with van der Waals surface area (Å²) >= 11 is 0. The molecule has 0 bridgehead atoms. The van der Waals surface area contributed by atoms with Crippen molar-refractivity contribution in [2.24, 2.45) is 5.73 Å². The quantitative estimate of drug-likeness (QED) is 0.498. The normalized spacial score (nSPS) is 15.0. The van der Waals surface area contributed by atoms with Gasteiger partial charge in [-0.05, 0) is 25.8 Å². The Hall–Kier alpha value is -1.63. The number of rotatable bonds is 10. The molecule has 1 rings (SSSR count). The summed E-state index contributed by atoms with van der Waals surface area (Å²) in [7, 11) is 1.72. The number of hydrogen-bond donors (Lipinski definition) is 3. The highest BCUT2D eigenvalue weighted by molar-refractivity contribution is 6.02. The van der Waals surface area contributed by atoms with Crippen molar-refractivity contribution in [1.82, 2.24) is 15.1 Å². The van der Waals surface area contributed by atoms with Gasteiger partial charge < -0.3 is 16.0 Å². The zero-order valence-electron chi connectivity index (χ0n) is 12.9. The van der Waals surface area contributed by atoms with E-state index in [4.69, 9.17) is 11.1 Å². The molecule has 7 nitrogen and oxygen atoms in total. The van der Waals surface area contributed by atoms with Gasteiger partial charge in [0.05, 0.1) is 6.54 Å². The highest BCUT2D eigenvalue weighted by Gasteiger charge is 2.29. The average molecular weight is 297 g/mol. The number of nitrogens with zero attached hydrogens (tertiary/aromatic N) is 2. The van der Waals surface area contributed by atoms with Crippen molar-refractivity contribution in [2.75, 3.05) is 33.2 Å². The Balaban J connectivity index is 2.06. The number of nitrogens with one attached hydrogen (secondary N) is 2. The Bertz CT molecular complexity index is 372. The van der Waals surface area contributed by atoms with Crippen LogP contribution < -0.4 is 11.1 Å². The molecule has 1 heterocycles. The minimum Gasteiger partial charge on any atom is -0.356 e. The van der Waals surface area contributed by atoms with Crippen LogP contribution in [0.2, 0.25) is 0 Å². The molecule has 2 amide bonds. The molecule has 1 aliphatic rings. The minimum absolute atomic E-state index is 0.0142. The lowest BCUT2D eigenvalue weighted by Crippen LogP contribution is -2.34. The van der Waals surface area contributed by atoms with Crippen LogP contribution in [-0.2, 0) is 9.59 Å². The zero-order chi connectivity index (χ0) is 15.7. The van der Waals surface area contributed by atoms with Crippen LogP contribution in [0.25, 0.3) is 0 Å². The van der Waals surface area contributed by atoms with Crippen molar-refractivity contribution in [3.05, 3.63) is 0 Å². The van der Waals surface area contributed by atoms with Gasteiger partial charge >= 0.3 is 0 Å². The molecule has 7 heteroatoms. The van der Waals surface area contributed by atoms with Crippen LogP contribution in [0.1, 0.15) is 38.5 Å². The Morgan fingerprint density at radius 3 is 2.62 bits per heavy atom. The summed E-state index contributed by atoms with van der Waals surface area (Å²) in [5, 5.41) is 10.6. The van der Waals surface area contributed by atoms with Crippen molar-refractivity contribution in [3.8, 4) is 0 Å². The second kappa shape index (κ2) is 9.33. The molecule has 0 aromatic carbocycles. The summed E-state index contributed by atoms with van der Waals surface area (Å²) in [6.45, 7) is 2.12. The zero-order valence-corrected chi connectivity index (χ0v) is 12.9. The molecule has 120 valence electrons. The lowest BCUT2D eigenvalue weighted by Gasteiger charge is -2.16. The molecule has 1 saturated heterocycles. The minimum atomic E-state index is -0.0668. The van der Waals surface area contributed by atoms with Gasteiger partial charge in [-0.3, -0.25) is 19.9 Å². The number of likely N-dealkylation sites (N-methyl/N-ethyl adjacent to an activating group) is 1. The monoisotopic (exact) mass is 297 g/mol. The maximum absolute atomic E-state index is 11.6. The fourth-order valence-electron chi connectivity index (χ4n) is 2.25. The standard InChI is InChI=1S/C14H27N5O2/c1-18-11-13(21)19(14(18)16)10-6-7-12(20)17-9-5-3-2-4-8-15/h16H,2-11,15H2,1H3,(H,17,20). The molecule has 1 aliphatic heterocycles. The van der Waals surface area contributed by atoms with E-state index in [1.54, 1.807) is 11.9 Å². The maximum atomic E-state index is 11.6. The maximum Gasteiger partial charge on any atom is 0.248 e. The SMILES string of the molecule is CN1CC(=O)N(CCCC(=O)NCCCCCCN)C1=N. The van der Waals surface area contributed by atoms with E-state index in [0.29, 0.717) is 25.9 Å². The van der Waals surface area contributed by atoms with Crippen LogP contribution in [0, 0.1) is 5.41 Å². The fourth-order valence-corrected chi connectivity index (χ4v) is 2.25. The Morgan fingerprint density at radius 2 is 2.00 bits per heavy atom. The molecule has 0 spiro atoms. The van der Waals surface area contributed by atoms with E-state index in [-0.39, 0.29) is 24.3 Å². The van der Waals surface area contributed by atoms with Crippen LogP contribution in [0.5, 0.6) is 0 Å². The van der Waals surface area contributed by atoms with Gasteiger partial charge in [0.15, 0.2) is 0 Å². The van der Waals surface area contributed by atoms with Gasteiger partial charge in [-0.25, -0.2) is 0 Å². The summed E-state index contributed by atoms with van der Waals surface area (Å²) < 4.78 is 0. The molecule has 0 unspecified atom stereocenters. The lowest BCUT2D eigenvalue weighted by atomic mass is 10.2. The van der Waals surface area contributed by atoms with E-state index in [1.807, 2.05) is 0 Å². The molecule has 0 radical (unpaired) electrons. The van der Waals surface area contributed by atoms with Gasteiger partial charge in [-0.1, -0.05) is 12.8 Å². The molecule has 21 heavy (non-hydrogen) atoms. The average Bonchev–Trinajstić information content (AvgIpc) is 2.69. The number of carbonyl (C=O) groups is 2. The Kier molecular flexibility index (Phi) is 7.74. The fraction of sp³-hybridized carbons (Fsp3) is 0.786. The second-order valence-electron chi connectivity index (χ2n) is 5.38. The van der Waals surface area contributed by atoms with Crippen molar-refractivity contribution in [2.45, 2.75) is 38.5 Å². The smallest absolute Gasteiger partial charge is 0.248 e. The molecule has 4 N–H and O–H groups in total. The summed E-state index contributed by atoms with van der Waals surface area (Å²) in [6, 6.07) is 0. The molecule has 0 aromatic heterocycles. The first-order chi connectivity index (χ1) is 10.1. The Labute approximate surface area is 126 Å². The summed E-state index contributed by atoms with van der Waals surface area (Å²) in [6.07, 6.45) is 5.19. The van der Waals surface area contributed by atoms with Crippen LogP contribution in [0.4, 0.5) is 0 Å². The first kappa shape index (κ1) is 17.4. The third kappa shape index (κ3) is 6.12. The van der Waals surface area contributed by atoms with Gasteiger partial charge in [0.2, 0.25) is 17.8 Å². The van der Waals surface area contributed by atoms with Gasteiger partial charge in [0.25, 0.3) is 0 Å². The highest BCUT2D eigenvalue weighted by atomic mass is 16.2. The number of amides is 2. The number of hydrogen-bond acceptors (Lipinski definition) is 4. The highest BCUT2D eigenvalue weighted by Crippen LogP contribution is 2.08. The van der Waals surface area contributed by atoms with Crippen LogP contribution >= 0.6 is 0 Å². The summed E-state index contributed by atoms with van der Waals surface area (Å²) in [5.74, 6) is 0.170. The van der Waals surface area contributed by atoms with E-state index >= 15 is 0 Å². The summed E-state index contributed by atoms with van der Waals surface area (Å²) in [5.41, 5.74) is 5.41. The Morgan fingerprint density at radius 1 is 1.29 bits per heavy atom. The van der Waals surface area contributed by atoms with Crippen molar-refractivity contribution in [3.63, 3.8) is 0 Å². The predicted molar refractivity (Wildman–Crippen MR) is 81.8 cm³/mol. The third-order valence-electron chi connectivity index (χ3n) is 3.53. The number of unbranched alkanes of at least 4 members (excludes halogenated alkanes) is 3. The molecule has 0 saturated carbocycles. The molecule has 1 fully saturated rings. The van der Waals surface area contributed by atoms with Crippen LogP contribution in [0.15, 0.2) is 0 Å². The predicted octanol–water partition coefficient (Wildman–Crippen LogP) is 0.111. The van der Waals surface area contributed by atoms with Gasteiger partial charge in [0.1, 0.15) is 0 Å². The number of nitrogens with two attached hydrogens (primary N) is 1. The van der Waals surface area contributed by atoms with Gasteiger partial charge in [-0.2, -0.15) is 0 Å². The molecular weight excluding hydrogens is 270 g/mol. The summed E-state index contributed by atoms with van der Waals surface area (Å²) in [4.78, 5) is 26.3. The van der Waals surface area contributed by atoms with Gasteiger partial charge in [-0.15, -0.1) is 0 Å². The second-order valence-corrected chi connectivity index (χ2v) is 5.38. The van der Waals surface area contributed by atoms with E-state index in [1.165, 1.54) is 4.90 Å². The molecule has 0 aliphatic carbocycles. The van der Waals surface area contributed by atoms with Gasteiger partial charge in [0, 0.05) is 26.6 Å². The van der Waals surface area contributed by atoms with Crippen LogP contribution in [0.3, 0.4) is 0 Å². The number of carbonyl (C=O) groups excluding carboxylic acids is 2. The molecule has 0 aromatic rings. The first-order valence-electron chi connectivity index (χ1n) is 7.63. The van der Waals surface area contributed by atoms with E-state index in [0.717, 1.165) is 32.2 Å². The van der Waals surface area contributed by atoms with Crippen LogP contribution in [-0.4, -0.2) is 60.8 Å². The van der Waals surface area contributed by atoms with E-state index < -0.39 is 0 Å². The van der Waals surface area contributed by atoms with E-state index in [2.05, 4.69) is 5.32 Å². The largest absolute Gasteiger partial charge is 0.356 e. The molecular formula is C14H27N5O2. The van der Waals surface area contributed by atoms with Crippen molar-refractivity contribution in [1.29, 1.82) is 5.41 Å². The third-order valence-corrected chi connectivity index (χ3v) is 3.53. The topological polar surface area (TPSA) is 103 Å². The number of guanidine groups is 1. The van der Waals surface area contributed by atoms with Crippen molar-refractivity contribution >= 4 is 17.8 Å². The lowest BCUT2D eigenvalue weighted by molar-refractivity contribution is -0.126. The van der Waals surface area contributed by atoms with E-state index in [9.17, 15) is 9.59 Å².